The summed E-state index contributed by atoms with van der Waals surface area (Å²) in [7, 11) is 0. The summed E-state index contributed by atoms with van der Waals surface area (Å²) in [6.45, 7) is 4.22. The van der Waals surface area contributed by atoms with E-state index < -0.39 is 11.6 Å². The lowest BCUT2D eigenvalue weighted by molar-refractivity contribution is 0.0944. The number of hydrogen-bond acceptors (Lipinski definition) is 2. The van der Waals surface area contributed by atoms with Crippen molar-refractivity contribution >= 4 is 5.91 Å². The summed E-state index contributed by atoms with van der Waals surface area (Å²) in [6.07, 6.45) is 3.04. The molecule has 0 aliphatic heterocycles. The molecule has 0 atom stereocenters. The third-order valence-electron chi connectivity index (χ3n) is 5.01. The van der Waals surface area contributed by atoms with Gasteiger partial charge in [0.15, 0.2) is 11.6 Å². The summed E-state index contributed by atoms with van der Waals surface area (Å²) in [5, 5.41) is 2.72. The van der Waals surface area contributed by atoms with Gasteiger partial charge in [-0.2, -0.15) is 0 Å². The average molecular weight is 417 g/mol. The zero-order chi connectivity index (χ0) is 22.0. The van der Waals surface area contributed by atoms with E-state index in [1.807, 2.05) is 24.3 Å². The van der Waals surface area contributed by atoms with Crippen LogP contribution in [0.1, 0.15) is 27.2 Å². The summed E-state index contributed by atoms with van der Waals surface area (Å²) in [6, 6.07) is 17.8. The Morgan fingerprint density at radius 3 is 2.29 bits per heavy atom. The fraction of sp³-hybridized carbons (Fsp3) is 0.120. The van der Waals surface area contributed by atoms with Gasteiger partial charge in [-0.1, -0.05) is 47.5 Å². The second-order valence-corrected chi connectivity index (χ2v) is 7.50. The van der Waals surface area contributed by atoms with Crippen molar-refractivity contribution < 1.29 is 13.6 Å². The standard InChI is InChI=1S/C25H21F2N3O/c1-16-9-17(2)11-20(10-16)19-4-6-21(7-5-19)30-15-28-14-24(30)25(31)29-13-18-3-8-22(26)23(27)12-18/h3-12,14-15H,13H2,1-2H3,(H,29,31). The number of carbonyl (C=O) groups is 1. The number of carbonyl (C=O) groups excluding carboxylic acids is 1. The van der Waals surface area contributed by atoms with Gasteiger partial charge in [-0.05, 0) is 54.8 Å². The number of amides is 1. The maximum absolute atomic E-state index is 13.4. The van der Waals surface area contributed by atoms with Crippen LogP contribution in [0.3, 0.4) is 0 Å². The normalized spacial score (nSPS) is 10.8. The van der Waals surface area contributed by atoms with E-state index in [1.54, 1.807) is 10.9 Å². The Hall–Kier alpha value is -3.80. The maximum atomic E-state index is 13.4. The van der Waals surface area contributed by atoms with Crippen LogP contribution in [0.25, 0.3) is 16.8 Å². The van der Waals surface area contributed by atoms with Crippen LogP contribution in [0.2, 0.25) is 0 Å². The smallest absolute Gasteiger partial charge is 0.270 e. The first-order valence-electron chi connectivity index (χ1n) is 9.84. The molecule has 4 rings (SSSR count). The second-order valence-electron chi connectivity index (χ2n) is 7.50. The zero-order valence-corrected chi connectivity index (χ0v) is 17.2. The highest BCUT2D eigenvalue weighted by molar-refractivity contribution is 5.93. The van der Waals surface area contributed by atoms with Gasteiger partial charge in [0.2, 0.25) is 0 Å². The molecule has 1 amide bonds. The minimum Gasteiger partial charge on any atom is -0.347 e. The Balaban J connectivity index is 1.52. The van der Waals surface area contributed by atoms with Gasteiger partial charge in [0.1, 0.15) is 5.69 Å². The molecule has 156 valence electrons. The summed E-state index contributed by atoms with van der Waals surface area (Å²) in [5.41, 5.74) is 6.24. The quantitative estimate of drug-likeness (QED) is 0.475. The SMILES string of the molecule is Cc1cc(C)cc(-c2ccc(-n3cncc3C(=O)NCc3ccc(F)c(F)c3)cc2)c1. The fourth-order valence-electron chi connectivity index (χ4n) is 3.55. The number of aryl methyl sites for hydroxylation is 2. The minimum atomic E-state index is -0.944. The lowest BCUT2D eigenvalue weighted by Gasteiger charge is -2.11. The predicted molar refractivity (Wildman–Crippen MR) is 116 cm³/mol. The van der Waals surface area contributed by atoms with Crippen molar-refractivity contribution in [2.75, 3.05) is 0 Å². The Morgan fingerprint density at radius 1 is 0.903 bits per heavy atom. The Bertz CT molecular complexity index is 1230. The number of nitrogens with one attached hydrogen (secondary N) is 1. The molecule has 0 radical (unpaired) electrons. The van der Waals surface area contributed by atoms with Gasteiger partial charge < -0.3 is 5.32 Å². The van der Waals surface area contributed by atoms with Gasteiger partial charge in [0, 0.05) is 12.2 Å². The van der Waals surface area contributed by atoms with Gasteiger partial charge in [-0.3, -0.25) is 9.36 Å². The zero-order valence-electron chi connectivity index (χ0n) is 17.2. The van der Waals surface area contributed by atoms with Gasteiger partial charge in [-0.25, -0.2) is 13.8 Å². The number of halogens is 2. The predicted octanol–water partition coefficient (Wildman–Crippen LogP) is 5.36. The van der Waals surface area contributed by atoms with E-state index in [4.69, 9.17) is 0 Å². The van der Waals surface area contributed by atoms with Crippen LogP contribution in [-0.2, 0) is 6.54 Å². The van der Waals surface area contributed by atoms with Crippen molar-refractivity contribution in [3.8, 4) is 16.8 Å². The van der Waals surface area contributed by atoms with Crippen molar-refractivity contribution in [2.45, 2.75) is 20.4 Å². The molecular formula is C25H21F2N3O. The molecule has 6 heteroatoms. The summed E-state index contributed by atoms with van der Waals surface area (Å²) in [5.74, 6) is -2.22. The van der Waals surface area contributed by atoms with Gasteiger partial charge in [0.05, 0.1) is 12.5 Å². The molecule has 1 N–H and O–H groups in total. The number of nitrogens with zero attached hydrogens (tertiary/aromatic N) is 2. The number of benzene rings is 3. The first-order chi connectivity index (χ1) is 14.9. The largest absolute Gasteiger partial charge is 0.347 e. The molecule has 4 aromatic rings. The molecule has 1 aromatic heterocycles. The molecule has 0 fully saturated rings. The molecule has 31 heavy (non-hydrogen) atoms. The van der Waals surface area contributed by atoms with E-state index >= 15 is 0 Å². The highest BCUT2D eigenvalue weighted by atomic mass is 19.2. The Labute approximate surface area is 179 Å². The summed E-state index contributed by atoms with van der Waals surface area (Å²) >= 11 is 0. The van der Waals surface area contributed by atoms with Crippen LogP contribution in [0.15, 0.2) is 73.2 Å². The van der Waals surface area contributed by atoms with Crippen LogP contribution in [0.4, 0.5) is 8.78 Å². The first-order valence-corrected chi connectivity index (χ1v) is 9.84. The van der Waals surface area contributed by atoms with Gasteiger partial charge in [-0.15, -0.1) is 0 Å². The number of aromatic nitrogens is 2. The molecule has 0 spiro atoms. The van der Waals surface area contributed by atoms with Crippen molar-refractivity contribution in [3.63, 3.8) is 0 Å². The number of hydrogen-bond donors (Lipinski definition) is 1. The van der Waals surface area contributed by atoms with E-state index in [2.05, 4.69) is 42.3 Å². The van der Waals surface area contributed by atoms with Crippen molar-refractivity contribution in [1.29, 1.82) is 0 Å². The van der Waals surface area contributed by atoms with Crippen LogP contribution in [0.5, 0.6) is 0 Å². The lowest BCUT2D eigenvalue weighted by Crippen LogP contribution is -2.25. The second kappa shape index (κ2) is 8.52. The van der Waals surface area contributed by atoms with Gasteiger partial charge >= 0.3 is 0 Å². The number of imidazole rings is 1. The van der Waals surface area contributed by atoms with Crippen LogP contribution < -0.4 is 5.32 Å². The van der Waals surface area contributed by atoms with Crippen molar-refractivity contribution in [1.82, 2.24) is 14.9 Å². The van der Waals surface area contributed by atoms with E-state index in [0.717, 1.165) is 28.9 Å². The molecule has 0 aliphatic carbocycles. The van der Waals surface area contributed by atoms with E-state index in [1.165, 1.54) is 23.4 Å². The molecule has 0 unspecified atom stereocenters. The highest BCUT2D eigenvalue weighted by Gasteiger charge is 2.13. The average Bonchev–Trinajstić information content (AvgIpc) is 3.24. The highest BCUT2D eigenvalue weighted by Crippen LogP contribution is 2.24. The molecular weight excluding hydrogens is 396 g/mol. The van der Waals surface area contributed by atoms with Gasteiger partial charge in [0.25, 0.3) is 5.91 Å². The van der Waals surface area contributed by atoms with Crippen molar-refractivity contribution in [3.05, 3.63) is 107 Å². The summed E-state index contributed by atoms with van der Waals surface area (Å²) < 4.78 is 28.1. The maximum Gasteiger partial charge on any atom is 0.270 e. The topological polar surface area (TPSA) is 46.9 Å². The van der Waals surface area contributed by atoms with Crippen LogP contribution in [-0.4, -0.2) is 15.5 Å². The molecule has 0 bridgehead atoms. The molecule has 0 aliphatic rings. The van der Waals surface area contributed by atoms with E-state index in [-0.39, 0.29) is 12.5 Å². The molecule has 0 saturated carbocycles. The first kappa shape index (κ1) is 20.5. The molecule has 1 heterocycles. The Morgan fingerprint density at radius 2 is 1.61 bits per heavy atom. The molecule has 4 nitrogen and oxygen atoms in total. The fourth-order valence-corrected chi connectivity index (χ4v) is 3.55. The number of rotatable bonds is 5. The minimum absolute atomic E-state index is 0.0763. The third-order valence-corrected chi connectivity index (χ3v) is 5.01. The van der Waals surface area contributed by atoms with E-state index in [0.29, 0.717) is 11.3 Å². The summed E-state index contributed by atoms with van der Waals surface area (Å²) in [4.78, 5) is 16.7. The van der Waals surface area contributed by atoms with Crippen LogP contribution in [0, 0.1) is 25.5 Å². The molecule has 0 saturated heterocycles. The van der Waals surface area contributed by atoms with Crippen LogP contribution >= 0.6 is 0 Å². The van der Waals surface area contributed by atoms with E-state index in [9.17, 15) is 13.6 Å². The Kier molecular flexibility index (Phi) is 5.62. The van der Waals surface area contributed by atoms with Crippen molar-refractivity contribution in [2.24, 2.45) is 0 Å². The molecule has 3 aromatic carbocycles. The monoisotopic (exact) mass is 417 g/mol. The lowest BCUT2D eigenvalue weighted by atomic mass is 10.0. The third kappa shape index (κ3) is 4.53.